The van der Waals surface area contributed by atoms with Gasteiger partial charge in [-0.05, 0) is 13.8 Å². The molecule has 0 amide bonds. The lowest BCUT2D eigenvalue weighted by Crippen LogP contribution is -2.42. The number of nitrogens with zero attached hydrogens (tertiary/aromatic N) is 3. The number of carbonyl (C=O) groups excluding carboxylic acids is 2. The molecule has 0 aliphatic carbocycles. The molecule has 2 heterocycles. The molecule has 0 aromatic carbocycles. The van der Waals surface area contributed by atoms with Crippen molar-refractivity contribution in [2.24, 2.45) is 10.9 Å². The minimum absolute atomic E-state index is 0.228. The summed E-state index contributed by atoms with van der Waals surface area (Å²) in [5, 5.41) is 3.02. The van der Waals surface area contributed by atoms with Crippen LogP contribution in [0.3, 0.4) is 0 Å². The van der Waals surface area contributed by atoms with E-state index >= 15 is 0 Å². The Morgan fingerprint density at radius 2 is 2.32 bits per heavy atom. The van der Waals surface area contributed by atoms with Crippen molar-refractivity contribution in [1.29, 1.82) is 0 Å². The van der Waals surface area contributed by atoms with E-state index in [2.05, 4.69) is 20.3 Å². The fourth-order valence-electron chi connectivity index (χ4n) is 1.86. The molecule has 0 bridgehead atoms. The molecule has 2 atom stereocenters. The third-order valence-corrected chi connectivity index (χ3v) is 2.71. The number of anilines is 1. The predicted molar refractivity (Wildman–Crippen MR) is 68.4 cm³/mol. The first-order valence-electron chi connectivity index (χ1n) is 5.91. The Bertz CT molecular complexity index is 529. The first kappa shape index (κ1) is 13.1. The first-order valence-corrected chi connectivity index (χ1v) is 5.91. The van der Waals surface area contributed by atoms with Crippen LogP contribution >= 0.6 is 0 Å². The van der Waals surface area contributed by atoms with Crippen molar-refractivity contribution in [1.82, 2.24) is 9.97 Å². The van der Waals surface area contributed by atoms with Gasteiger partial charge in [0.1, 0.15) is 18.0 Å². The van der Waals surface area contributed by atoms with Crippen molar-refractivity contribution in [2.45, 2.75) is 19.9 Å². The summed E-state index contributed by atoms with van der Waals surface area (Å²) in [7, 11) is 0. The second-order valence-electron chi connectivity index (χ2n) is 4.05. The summed E-state index contributed by atoms with van der Waals surface area (Å²) in [5.41, 5.74) is 0.588. The van der Waals surface area contributed by atoms with Crippen molar-refractivity contribution in [3.05, 3.63) is 12.5 Å². The molecule has 1 aliphatic rings. The third-order valence-electron chi connectivity index (χ3n) is 2.71. The summed E-state index contributed by atoms with van der Waals surface area (Å²) in [4.78, 5) is 35.4. The van der Waals surface area contributed by atoms with Crippen LogP contribution in [0.4, 0.5) is 11.5 Å². The number of aliphatic imine (C=N–C) groups is 1. The van der Waals surface area contributed by atoms with E-state index in [0.717, 1.165) is 0 Å². The molecule has 1 aromatic rings. The molecular formula is C12H14N4O3. The Morgan fingerprint density at radius 1 is 1.53 bits per heavy atom. The van der Waals surface area contributed by atoms with E-state index in [0.29, 0.717) is 11.5 Å². The fourth-order valence-corrected chi connectivity index (χ4v) is 1.86. The van der Waals surface area contributed by atoms with E-state index in [1.807, 2.05) is 0 Å². The molecule has 0 spiro atoms. The van der Waals surface area contributed by atoms with Crippen molar-refractivity contribution in [3.8, 4) is 0 Å². The Morgan fingerprint density at radius 3 is 3.00 bits per heavy atom. The summed E-state index contributed by atoms with van der Waals surface area (Å²) in [5.74, 6) is -1.27. The highest BCUT2D eigenvalue weighted by atomic mass is 16.5. The standard InChI is InChI=1S/C12H14N4O3/c1-3-19-12(18)10(7(2)17)8-5-14-11-9(16-8)4-13-6-15-11/h4-6,8,10,16H,3H2,1-2H3. The number of hydrogen-bond donors (Lipinski definition) is 1. The van der Waals surface area contributed by atoms with Crippen LogP contribution in [0.5, 0.6) is 0 Å². The van der Waals surface area contributed by atoms with Gasteiger partial charge in [0.2, 0.25) is 0 Å². The highest BCUT2D eigenvalue weighted by molar-refractivity contribution is 6.03. The van der Waals surface area contributed by atoms with Gasteiger partial charge >= 0.3 is 5.97 Å². The molecule has 1 aliphatic heterocycles. The molecule has 7 nitrogen and oxygen atoms in total. The second-order valence-corrected chi connectivity index (χ2v) is 4.05. The maximum absolute atomic E-state index is 11.8. The lowest BCUT2D eigenvalue weighted by atomic mass is 9.95. The molecule has 1 aromatic heterocycles. The van der Waals surface area contributed by atoms with E-state index in [-0.39, 0.29) is 12.4 Å². The van der Waals surface area contributed by atoms with Gasteiger partial charge < -0.3 is 10.1 Å². The largest absolute Gasteiger partial charge is 0.465 e. The Labute approximate surface area is 110 Å². The highest BCUT2D eigenvalue weighted by Crippen LogP contribution is 2.26. The lowest BCUT2D eigenvalue weighted by Gasteiger charge is -2.25. The zero-order valence-electron chi connectivity index (χ0n) is 10.7. The van der Waals surface area contributed by atoms with Gasteiger partial charge in [-0.15, -0.1) is 0 Å². The van der Waals surface area contributed by atoms with Gasteiger partial charge in [-0.3, -0.25) is 9.59 Å². The van der Waals surface area contributed by atoms with Crippen LogP contribution in [0.25, 0.3) is 0 Å². The minimum atomic E-state index is -0.919. The Hall–Kier alpha value is -2.31. The smallest absolute Gasteiger partial charge is 0.318 e. The number of Topliss-reactive ketones (excluding diaryl/α,β-unsaturated/α-hetero) is 1. The molecule has 100 valence electrons. The van der Waals surface area contributed by atoms with E-state index in [1.54, 1.807) is 13.1 Å². The van der Waals surface area contributed by atoms with Gasteiger partial charge in [0.05, 0.1) is 24.5 Å². The van der Waals surface area contributed by atoms with Crippen molar-refractivity contribution < 1.29 is 14.3 Å². The second kappa shape index (κ2) is 5.55. The van der Waals surface area contributed by atoms with Crippen LogP contribution in [-0.2, 0) is 14.3 Å². The normalized spacial score (nSPS) is 18.1. The van der Waals surface area contributed by atoms with E-state index in [9.17, 15) is 9.59 Å². The predicted octanol–water partition coefficient (Wildman–Crippen LogP) is 0.741. The van der Waals surface area contributed by atoms with Crippen LogP contribution in [0.1, 0.15) is 13.8 Å². The van der Waals surface area contributed by atoms with Crippen LogP contribution in [0.15, 0.2) is 17.5 Å². The number of hydrogen-bond acceptors (Lipinski definition) is 7. The van der Waals surface area contributed by atoms with Crippen molar-refractivity contribution in [2.75, 3.05) is 11.9 Å². The summed E-state index contributed by atoms with van der Waals surface area (Å²) in [6.07, 6.45) is 4.43. The quantitative estimate of drug-likeness (QED) is 0.635. The van der Waals surface area contributed by atoms with Gasteiger partial charge in [-0.25, -0.2) is 15.0 Å². The summed E-state index contributed by atoms with van der Waals surface area (Å²) in [6, 6.07) is -0.546. The zero-order chi connectivity index (χ0) is 13.8. The van der Waals surface area contributed by atoms with Crippen molar-refractivity contribution >= 4 is 29.5 Å². The summed E-state index contributed by atoms with van der Waals surface area (Å²) < 4.78 is 4.91. The van der Waals surface area contributed by atoms with Gasteiger partial charge in [0.25, 0.3) is 0 Å². The maximum Gasteiger partial charge on any atom is 0.318 e. The zero-order valence-corrected chi connectivity index (χ0v) is 10.7. The number of ether oxygens (including phenoxy) is 1. The molecule has 0 saturated heterocycles. The third kappa shape index (κ3) is 2.75. The maximum atomic E-state index is 11.8. The first-order chi connectivity index (χ1) is 9.13. The monoisotopic (exact) mass is 262 g/mol. The molecule has 1 N–H and O–H groups in total. The Kier molecular flexibility index (Phi) is 3.84. The van der Waals surface area contributed by atoms with Crippen LogP contribution < -0.4 is 5.32 Å². The van der Waals surface area contributed by atoms with Crippen LogP contribution in [-0.4, -0.2) is 40.6 Å². The molecule has 19 heavy (non-hydrogen) atoms. The minimum Gasteiger partial charge on any atom is -0.465 e. The number of esters is 1. The van der Waals surface area contributed by atoms with Gasteiger partial charge in [0, 0.05) is 6.21 Å². The fraction of sp³-hybridized carbons (Fsp3) is 0.417. The van der Waals surface area contributed by atoms with Crippen LogP contribution in [0.2, 0.25) is 0 Å². The summed E-state index contributed by atoms with van der Waals surface area (Å²) >= 11 is 0. The van der Waals surface area contributed by atoms with Gasteiger partial charge in [0.15, 0.2) is 5.82 Å². The lowest BCUT2D eigenvalue weighted by molar-refractivity contribution is -0.151. The van der Waals surface area contributed by atoms with Crippen LogP contribution in [0, 0.1) is 5.92 Å². The number of ketones is 1. The van der Waals surface area contributed by atoms with E-state index in [4.69, 9.17) is 4.74 Å². The SMILES string of the molecule is CCOC(=O)C(C(C)=O)C1C=Nc2ncncc2N1. The molecule has 2 unspecified atom stereocenters. The molecule has 0 saturated carbocycles. The highest BCUT2D eigenvalue weighted by Gasteiger charge is 2.34. The number of aromatic nitrogens is 2. The molecule has 0 radical (unpaired) electrons. The average molecular weight is 262 g/mol. The van der Waals surface area contributed by atoms with Gasteiger partial charge in [-0.2, -0.15) is 0 Å². The van der Waals surface area contributed by atoms with Gasteiger partial charge in [-0.1, -0.05) is 0 Å². The van der Waals surface area contributed by atoms with E-state index in [1.165, 1.54) is 19.5 Å². The molecule has 0 fully saturated rings. The number of nitrogens with one attached hydrogen (secondary N) is 1. The Balaban J connectivity index is 2.22. The number of rotatable bonds is 4. The molecular weight excluding hydrogens is 248 g/mol. The summed E-state index contributed by atoms with van der Waals surface area (Å²) in [6.45, 7) is 3.28. The topological polar surface area (TPSA) is 93.5 Å². The number of fused-ring (bicyclic) bond motifs is 1. The van der Waals surface area contributed by atoms with Crippen molar-refractivity contribution in [3.63, 3.8) is 0 Å². The van der Waals surface area contributed by atoms with E-state index < -0.39 is 17.9 Å². The molecule has 7 heteroatoms. The average Bonchev–Trinajstić information content (AvgIpc) is 2.38. The number of carbonyl (C=O) groups is 2. The molecule has 2 rings (SSSR count).